The molecule has 0 aliphatic rings. The van der Waals surface area contributed by atoms with E-state index in [0.29, 0.717) is 17.8 Å². The number of hydrogen-bond donors (Lipinski definition) is 2. The van der Waals surface area contributed by atoms with Crippen molar-refractivity contribution in [3.05, 3.63) is 29.8 Å². The number of hydrogen-bond acceptors (Lipinski definition) is 2. The molecule has 0 aliphatic heterocycles. The molecule has 2 heteroatoms. The first-order valence-corrected chi connectivity index (χ1v) is 6.65. The lowest BCUT2D eigenvalue weighted by atomic mass is 10.00. The Bertz CT molecular complexity index is 322. The van der Waals surface area contributed by atoms with Gasteiger partial charge in [0.2, 0.25) is 0 Å². The molecular formula is C15H25NO. The molecule has 96 valence electrons. The first kappa shape index (κ1) is 14.0. The van der Waals surface area contributed by atoms with Crippen molar-refractivity contribution in [2.45, 2.75) is 58.5 Å². The third kappa shape index (κ3) is 5.73. The van der Waals surface area contributed by atoms with Crippen LogP contribution in [0.4, 0.5) is 0 Å². The largest absolute Gasteiger partial charge is 0.508 e. The Kier molecular flexibility index (Phi) is 6.06. The number of phenolic OH excluding ortho intramolecular Hbond substituents is 1. The van der Waals surface area contributed by atoms with Gasteiger partial charge in [0, 0.05) is 12.1 Å². The summed E-state index contributed by atoms with van der Waals surface area (Å²) in [5.41, 5.74) is 1.21. The molecule has 0 fully saturated rings. The van der Waals surface area contributed by atoms with Gasteiger partial charge in [-0.1, -0.05) is 45.7 Å². The van der Waals surface area contributed by atoms with Crippen molar-refractivity contribution < 1.29 is 5.11 Å². The molecule has 1 aromatic rings. The van der Waals surface area contributed by atoms with Crippen LogP contribution in [0.3, 0.4) is 0 Å². The minimum absolute atomic E-state index is 0.362. The van der Waals surface area contributed by atoms with E-state index in [1.165, 1.54) is 24.8 Å². The lowest BCUT2D eigenvalue weighted by Gasteiger charge is -2.21. The normalized spacial score (nSPS) is 12.9. The van der Waals surface area contributed by atoms with Gasteiger partial charge in [-0.3, -0.25) is 0 Å². The van der Waals surface area contributed by atoms with Crippen molar-refractivity contribution >= 4 is 0 Å². The van der Waals surface area contributed by atoms with Crippen LogP contribution in [-0.2, 0) is 6.42 Å². The van der Waals surface area contributed by atoms with Gasteiger partial charge in [-0.25, -0.2) is 0 Å². The second-order valence-corrected chi connectivity index (χ2v) is 5.03. The fourth-order valence-electron chi connectivity index (χ4n) is 2.13. The number of benzene rings is 1. The smallest absolute Gasteiger partial charge is 0.115 e. The molecule has 1 unspecified atom stereocenters. The van der Waals surface area contributed by atoms with E-state index in [1.54, 1.807) is 6.07 Å². The van der Waals surface area contributed by atoms with Crippen LogP contribution in [0, 0.1) is 0 Å². The lowest BCUT2D eigenvalue weighted by Crippen LogP contribution is -2.36. The Morgan fingerprint density at radius 3 is 2.65 bits per heavy atom. The van der Waals surface area contributed by atoms with Gasteiger partial charge in [-0.2, -0.15) is 0 Å². The van der Waals surface area contributed by atoms with Crippen molar-refractivity contribution in [2.24, 2.45) is 0 Å². The van der Waals surface area contributed by atoms with E-state index >= 15 is 0 Å². The van der Waals surface area contributed by atoms with E-state index in [1.807, 2.05) is 12.1 Å². The maximum absolute atomic E-state index is 9.46. The molecule has 0 radical (unpaired) electrons. The molecule has 1 aromatic carbocycles. The molecule has 0 spiro atoms. The summed E-state index contributed by atoms with van der Waals surface area (Å²) >= 11 is 0. The first-order valence-electron chi connectivity index (χ1n) is 6.65. The van der Waals surface area contributed by atoms with Gasteiger partial charge in [0.25, 0.3) is 0 Å². The molecule has 0 heterocycles. The van der Waals surface area contributed by atoms with E-state index in [2.05, 4.69) is 32.2 Å². The minimum Gasteiger partial charge on any atom is -0.508 e. The lowest BCUT2D eigenvalue weighted by molar-refractivity contribution is 0.423. The standard InChI is InChI=1S/C15H25NO/c1-4-5-8-14(16-12(2)3)10-13-7-6-9-15(17)11-13/h6-7,9,11-12,14,16-17H,4-5,8,10H2,1-3H3. The van der Waals surface area contributed by atoms with Gasteiger partial charge >= 0.3 is 0 Å². The highest BCUT2D eigenvalue weighted by atomic mass is 16.3. The van der Waals surface area contributed by atoms with Crippen molar-refractivity contribution in [2.75, 3.05) is 0 Å². The van der Waals surface area contributed by atoms with Crippen LogP contribution in [-0.4, -0.2) is 17.2 Å². The fourth-order valence-corrected chi connectivity index (χ4v) is 2.13. The number of nitrogens with one attached hydrogen (secondary N) is 1. The molecule has 0 saturated carbocycles. The van der Waals surface area contributed by atoms with Crippen molar-refractivity contribution in [1.29, 1.82) is 0 Å². The zero-order valence-corrected chi connectivity index (χ0v) is 11.2. The van der Waals surface area contributed by atoms with Crippen LogP contribution in [0.15, 0.2) is 24.3 Å². The third-order valence-electron chi connectivity index (χ3n) is 2.87. The van der Waals surface area contributed by atoms with Crippen LogP contribution < -0.4 is 5.32 Å². The summed E-state index contributed by atoms with van der Waals surface area (Å²) in [6, 6.07) is 8.60. The zero-order valence-electron chi connectivity index (χ0n) is 11.2. The molecule has 1 rings (SSSR count). The molecule has 1 atom stereocenters. The van der Waals surface area contributed by atoms with Crippen LogP contribution >= 0.6 is 0 Å². The molecule has 0 aliphatic carbocycles. The molecular weight excluding hydrogens is 210 g/mol. The van der Waals surface area contributed by atoms with Gasteiger partial charge in [-0.05, 0) is 30.5 Å². The maximum atomic E-state index is 9.46. The SMILES string of the molecule is CCCCC(Cc1cccc(O)c1)NC(C)C. The molecule has 0 aromatic heterocycles. The average Bonchev–Trinajstić information content (AvgIpc) is 2.25. The number of phenols is 1. The second kappa shape index (κ2) is 7.33. The average molecular weight is 235 g/mol. The van der Waals surface area contributed by atoms with E-state index in [4.69, 9.17) is 0 Å². The van der Waals surface area contributed by atoms with Crippen LogP contribution in [0.25, 0.3) is 0 Å². The zero-order chi connectivity index (χ0) is 12.7. The topological polar surface area (TPSA) is 32.3 Å². The second-order valence-electron chi connectivity index (χ2n) is 5.03. The highest BCUT2D eigenvalue weighted by molar-refractivity contribution is 5.27. The highest BCUT2D eigenvalue weighted by Gasteiger charge is 2.10. The molecule has 0 bridgehead atoms. The summed E-state index contributed by atoms with van der Waals surface area (Å²) < 4.78 is 0. The number of rotatable bonds is 7. The Morgan fingerprint density at radius 2 is 2.06 bits per heavy atom. The van der Waals surface area contributed by atoms with E-state index < -0.39 is 0 Å². The van der Waals surface area contributed by atoms with Crippen molar-refractivity contribution in [3.8, 4) is 5.75 Å². The predicted molar refractivity (Wildman–Crippen MR) is 73.4 cm³/mol. The first-order chi connectivity index (χ1) is 8.11. The molecule has 17 heavy (non-hydrogen) atoms. The van der Waals surface area contributed by atoms with E-state index in [-0.39, 0.29) is 0 Å². The summed E-state index contributed by atoms with van der Waals surface area (Å²) in [6.07, 6.45) is 4.68. The fraction of sp³-hybridized carbons (Fsp3) is 0.600. The Labute approximate surface area is 105 Å². The Hall–Kier alpha value is -1.02. The Balaban J connectivity index is 2.58. The van der Waals surface area contributed by atoms with E-state index in [0.717, 1.165) is 6.42 Å². The number of aromatic hydroxyl groups is 1. The monoisotopic (exact) mass is 235 g/mol. The summed E-state index contributed by atoms with van der Waals surface area (Å²) in [4.78, 5) is 0. The van der Waals surface area contributed by atoms with Gasteiger partial charge in [0.15, 0.2) is 0 Å². The summed E-state index contributed by atoms with van der Waals surface area (Å²) in [7, 11) is 0. The molecule has 0 amide bonds. The number of unbranched alkanes of at least 4 members (excludes halogenated alkanes) is 1. The quantitative estimate of drug-likeness (QED) is 0.758. The highest BCUT2D eigenvalue weighted by Crippen LogP contribution is 2.15. The van der Waals surface area contributed by atoms with Gasteiger partial charge in [-0.15, -0.1) is 0 Å². The third-order valence-corrected chi connectivity index (χ3v) is 2.87. The van der Waals surface area contributed by atoms with Crippen molar-refractivity contribution in [3.63, 3.8) is 0 Å². The van der Waals surface area contributed by atoms with Gasteiger partial charge in [0.05, 0.1) is 0 Å². The predicted octanol–water partition coefficient (Wildman–Crippen LogP) is 3.49. The molecule has 0 saturated heterocycles. The van der Waals surface area contributed by atoms with Crippen LogP contribution in [0.5, 0.6) is 5.75 Å². The van der Waals surface area contributed by atoms with Crippen LogP contribution in [0.2, 0.25) is 0 Å². The van der Waals surface area contributed by atoms with Crippen LogP contribution in [0.1, 0.15) is 45.6 Å². The van der Waals surface area contributed by atoms with Crippen molar-refractivity contribution in [1.82, 2.24) is 5.32 Å². The van der Waals surface area contributed by atoms with E-state index in [9.17, 15) is 5.11 Å². The Morgan fingerprint density at radius 1 is 1.29 bits per heavy atom. The molecule has 2 N–H and O–H groups in total. The minimum atomic E-state index is 0.362. The maximum Gasteiger partial charge on any atom is 0.115 e. The molecule has 2 nitrogen and oxygen atoms in total. The summed E-state index contributed by atoms with van der Waals surface area (Å²) in [5.74, 6) is 0.362. The summed E-state index contributed by atoms with van der Waals surface area (Å²) in [5, 5.41) is 13.1. The summed E-state index contributed by atoms with van der Waals surface area (Å²) in [6.45, 7) is 6.59. The van der Waals surface area contributed by atoms with Gasteiger partial charge < -0.3 is 10.4 Å². The van der Waals surface area contributed by atoms with Gasteiger partial charge in [0.1, 0.15) is 5.75 Å².